The van der Waals surface area contributed by atoms with E-state index in [4.69, 9.17) is 4.74 Å². The third-order valence-corrected chi connectivity index (χ3v) is 3.33. The molecule has 0 aliphatic heterocycles. The van der Waals surface area contributed by atoms with E-state index in [0.29, 0.717) is 12.8 Å². The minimum atomic E-state index is -0.211. The first-order valence-corrected chi connectivity index (χ1v) is 5.93. The number of methoxy groups -OCH3 is 2. The fourth-order valence-electron chi connectivity index (χ4n) is 2.31. The molecule has 1 fully saturated rings. The van der Waals surface area contributed by atoms with Crippen molar-refractivity contribution >= 4 is 11.9 Å². The van der Waals surface area contributed by atoms with Crippen LogP contribution in [0.3, 0.4) is 0 Å². The molecule has 1 aliphatic carbocycles. The minimum Gasteiger partial charge on any atom is -0.469 e. The van der Waals surface area contributed by atoms with E-state index in [1.54, 1.807) is 0 Å². The van der Waals surface area contributed by atoms with Gasteiger partial charge in [-0.1, -0.05) is 11.1 Å². The second-order valence-corrected chi connectivity index (χ2v) is 4.35. The zero-order valence-corrected chi connectivity index (χ0v) is 10.7. The van der Waals surface area contributed by atoms with E-state index in [1.165, 1.54) is 14.2 Å². The SMILES string of the molecule is COC(=O)CC/C(C)=C1\CCCC1C(=O)OC. The number of ether oxygens (including phenoxy) is 2. The van der Waals surface area contributed by atoms with Crippen molar-refractivity contribution < 1.29 is 19.1 Å². The fraction of sp³-hybridized carbons (Fsp3) is 0.692. The van der Waals surface area contributed by atoms with Crippen LogP contribution >= 0.6 is 0 Å². The molecule has 0 radical (unpaired) electrons. The van der Waals surface area contributed by atoms with Crippen molar-refractivity contribution in [3.63, 3.8) is 0 Å². The lowest BCUT2D eigenvalue weighted by atomic mass is 9.95. The molecule has 1 rings (SSSR count). The molecule has 0 bridgehead atoms. The average Bonchev–Trinajstić information content (AvgIpc) is 2.83. The fourth-order valence-corrected chi connectivity index (χ4v) is 2.31. The number of esters is 2. The van der Waals surface area contributed by atoms with Crippen LogP contribution < -0.4 is 0 Å². The first kappa shape index (κ1) is 13.7. The highest BCUT2D eigenvalue weighted by Crippen LogP contribution is 2.35. The average molecular weight is 240 g/mol. The Kier molecular flexibility index (Phi) is 5.19. The van der Waals surface area contributed by atoms with Gasteiger partial charge >= 0.3 is 11.9 Å². The Labute approximate surface area is 102 Å². The second-order valence-electron chi connectivity index (χ2n) is 4.35. The van der Waals surface area contributed by atoms with E-state index in [2.05, 4.69) is 4.74 Å². The third kappa shape index (κ3) is 3.58. The largest absolute Gasteiger partial charge is 0.469 e. The van der Waals surface area contributed by atoms with Gasteiger partial charge in [0.25, 0.3) is 0 Å². The molecule has 0 aromatic heterocycles. The highest BCUT2D eigenvalue weighted by molar-refractivity contribution is 5.76. The van der Waals surface area contributed by atoms with Gasteiger partial charge in [0, 0.05) is 6.42 Å². The van der Waals surface area contributed by atoms with Crippen LogP contribution in [0.4, 0.5) is 0 Å². The molecule has 1 atom stereocenters. The second kappa shape index (κ2) is 6.42. The van der Waals surface area contributed by atoms with E-state index in [0.717, 1.165) is 30.4 Å². The maximum absolute atomic E-state index is 11.6. The number of carbonyl (C=O) groups is 2. The maximum Gasteiger partial charge on any atom is 0.312 e. The first-order valence-electron chi connectivity index (χ1n) is 5.93. The van der Waals surface area contributed by atoms with Crippen LogP contribution in [-0.2, 0) is 19.1 Å². The summed E-state index contributed by atoms with van der Waals surface area (Å²) in [5.74, 6) is -0.467. The summed E-state index contributed by atoms with van der Waals surface area (Å²) in [7, 11) is 2.81. The summed E-state index contributed by atoms with van der Waals surface area (Å²) < 4.78 is 9.40. The molecule has 4 heteroatoms. The van der Waals surface area contributed by atoms with Crippen LogP contribution in [0.25, 0.3) is 0 Å². The number of rotatable bonds is 4. The smallest absolute Gasteiger partial charge is 0.312 e. The summed E-state index contributed by atoms with van der Waals surface area (Å²) in [6, 6.07) is 0. The molecule has 1 aliphatic rings. The molecule has 0 heterocycles. The van der Waals surface area contributed by atoms with E-state index < -0.39 is 0 Å². The van der Waals surface area contributed by atoms with Gasteiger partial charge in [0.15, 0.2) is 0 Å². The standard InChI is InChI=1S/C13H20O4/c1-9(7-8-12(14)16-2)10-5-4-6-11(10)13(15)17-3/h11H,4-8H2,1-3H3/b10-9+. The number of allylic oxidation sites excluding steroid dienone is 1. The molecule has 0 saturated heterocycles. The molecule has 0 spiro atoms. The lowest BCUT2D eigenvalue weighted by Crippen LogP contribution is -2.15. The van der Waals surface area contributed by atoms with Crippen molar-refractivity contribution in [3.8, 4) is 0 Å². The first-order chi connectivity index (χ1) is 8.10. The zero-order valence-electron chi connectivity index (χ0n) is 10.7. The van der Waals surface area contributed by atoms with Gasteiger partial charge in [-0.05, 0) is 32.6 Å². The Hall–Kier alpha value is -1.32. The van der Waals surface area contributed by atoms with Gasteiger partial charge in [0.05, 0.1) is 20.1 Å². The summed E-state index contributed by atoms with van der Waals surface area (Å²) in [6.07, 6.45) is 3.85. The Balaban J connectivity index is 2.67. The molecule has 17 heavy (non-hydrogen) atoms. The van der Waals surface area contributed by atoms with Crippen molar-refractivity contribution in [2.45, 2.75) is 39.0 Å². The summed E-state index contributed by atoms with van der Waals surface area (Å²) in [5, 5.41) is 0. The van der Waals surface area contributed by atoms with E-state index >= 15 is 0 Å². The van der Waals surface area contributed by atoms with E-state index in [1.807, 2.05) is 6.92 Å². The predicted molar refractivity (Wildman–Crippen MR) is 63.3 cm³/mol. The van der Waals surface area contributed by atoms with Crippen molar-refractivity contribution in [1.29, 1.82) is 0 Å². The van der Waals surface area contributed by atoms with E-state index in [9.17, 15) is 9.59 Å². The van der Waals surface area contributed by atoms with Crippen LogP contribution in [-0.4, -0.2) is 26.2 Å². The van der Waals surface area contributed by atoms with Crippen LogP contribution in [0.15, 0.2) is 11.1 Å². The van der Waals surface area contributed by atoms with Gasteiger partial charge in [-0.25, -0.2) is 0 Å². The van der Waals surface area contributed by atoms with Gasteiger partial charge in [-0.15, -0.1) is 0 Å². The Morgan fingerprint density at radius 2 is 1.94 bits per heavy atom. The summed E-state index contributed by atoms with van der Waals surface area (Å²) in [6.45, 7) is 1.99. The van der Waals surface area contributed by atoms with Gasteiger partial charge in [-0.3, -0.25) is 9.59 Å². The van der Waals surface area contributed by atoms with E-state index in [-0.39, 0.29) is 17.9 Å². The molecule has 96 valence electrons. The molecule has 0 N–H and O–H groups in total. The molecule has 0 aromatic carbocycles. The minimum absolute atomic E-state index is 0.0994. The molecular weight excluding hydrogens is 220 g/mol. The number of carbonyl (C=O) groups excluding carboxylic acids is 2. The molecule has 0 aromatic rings. The molecule has 0 amide bonds. The molecule has 1 saturated carbocycles. The monoisotopic (exact) mass is 240 g/mol. The lowest BCUT2D eigenvalue weighted by molar-refractivity contribution is -0.144. The molecular formula is C13H20O4. The summed E-state index contributed by atoms with van der Waals surface area (Å²) >= 11 is 0. The normalized spacial score (nSPS) is 22.2. The van der Waals surface area contributed by atoms with Crippen molar-refractivity contribution in [3.05, 3.63) is 11.1 Å². The highest BCUT2D eigenvalue weighted by Gasteiger charge is 2.29. The van der Waals surface area contributed by atoms with Crippen LogP contribution in [0.1, 0.15) is 39.0 Å². The Bertz CT molecular complexity index is 330. The van der Waals surface area contributed by atoms with Gasteiger partial charge in [0.1, 0.15) is 0 Å². The van der Waals surface area contributed by atoms with Gasteiger partial charge < -0.3 is 9.47 Å². The lowest BCUT2D eigenvalue weighted by Gasteiger charge is -2.13. The highest BCUT2D eigenvalue weighted by atomic mass is 16.5. The Morgan fingerprint density at radius 3 is 2.53 bits per heavy atom. The maximum atomic E-state index is 11.6. The summed E-state index contributed by atoms with van der Waals surface area (Å²) in [4.78, 5) is 22.6. The summed E-state index contributed by atoms with van der Waals surface area (Å²) in [5.41, 5.74) is 2.28. The van der Waals surface area contributed by atoms with Crippen LogP contribution in [0, 0.1) is 5.92 Å². The quantitative estimate of drug-likeness (QED) is 0.558. The predicted octanol–water partition coefficient (Wildman–Crippen LogP) is 2.23. The van der Waals surface area contributed by atoms with Crippen LogP contribution in [0.5, 0.6) is 0 Å². The van der Waals surface area contributed by atoms with Gasteiger partial charge in [0.2, 0.25) is 0 Å². The van der Waals surface area contributed by atoms with Crippen molar-refractivity contribution in [2.24, 2.45) is 5.92 Å². The zero-order chi connectivity index (χ0) is 12.8. The molecule has 1 unspecified atom stereocenters. The van der Waals surface area contributed by atoms with Crippen molar-refractivity contribution in [2.75, 3.05) is 14.2 Å². The molecule has 4 nitrogen and oxygen atoms in total. The Morgan fingerprint density at radius 1 is 1.24 bits per heavy atom. The number of hydrogen-bond acceptors (Lipinski definition) is 4. The number of hydrogen-bond donors (Lipinski definition) is 0. The van der Waals surface area contributed by atoms with Crippen molar-refractivity contribution in [1.82, 2.24) is 0 Å². The third-order valence-electron chi connectivity index (χ3n) is 3.33. The topological polar surface area (TPSA) is 52.6 Å². The van der Waals surface area contributed by atoms with Crippen LogP contribution in [0.2, 0.25) is 0 Å². The van der Waals surface area contributed by atoms with Gasteiger partial charge in [-0.2, -0.15) is 0 Å².